The molecule has 0 aromatic rings. The summed E-state index contributed by atoms with van der Waals surface area (Å²) in [6, 6.07) is 0. The lowest BCUT2D eigenvalue weighted by molar-refractivity contribution is -0.148. The molecule has 3 unspecified atom stereocenters. The van der Waals surface area contributed by atoms with Gasteiger partial charge in [-0.2, -0.15) is 0 Å². The van der Waals surface area contributed by atoms with Crippen molar-refractivity contribution < 1.29 is 34.0 Å². The van der Waals surface area contributed by atoms with Gasteiger partial charge in [0.2, 0.25) is 0 Å². The first-order valence-electron chi connectivity index (χ1n) is 6.99. The van der Waals surface area contributed by atoms with Crippen molar-refractivity contribution in [3.05, 3.63) is 0 Å². The normalized spacial score (nSPS) is 15.1. The number of rotatable bonds is 11. The van der Waals surface area contributed by atoms with Crippen LogP contribution in [0.3, 0.4) is 0 Å². The zero-order valence-electron chi connectivity index (χ0n) is 12.9. The van der Waals surface area contributed by atoms with Crippen LogP contribution in [0.1, 0.15) is 32.6 Å². The van der Waals surface area contributed by atoms with Gasteiger partial charge < -0.3 is 24.4 Å². The fraction of sp³-hybridized carbons (Fsp3) is 0.857. The molecule has 124 valence electrons. The van der Waals surface area contributed by atoms with Gasteiger partial charge in [-0.3, -0.25) is 9.59 Å². The Bertz CT molecular complexity index is 304. The fourth-order valence-electron chi connectivity index (χ4n) is 1.88. The highest BCUT2D eigenvalue weighted by Gasteiger charge is 2.24. The minimum atomic E-state index is -0.644. The third kappa shape index (κ3) is 9.38. The Morgan fingerprint density at radius 1 is 1.19 bits per heavy atom. The first kappa shape index (κ1) is 19.8. The standard InChI is InChI=1S/C14H26O7/c1-10(16)9-21-12(8-15)7-11(14(18)20-3)5-4-6-13(17)19-2/h10-12,15-16H,4-9H2,1-3H3. The van der Waals surface area contributed by atoms with Crippen molar-refractivity contribution in [2.24, 2.45) is 5.92 Å². The van der Waals surface area contributed by atoms with Crippen LogP contribution >= 0.6 is 0 Å². The molecule has 0 rings (SSSR count). The Kier molecular flexibility index (Phi) is 10.8. The number of methoxy groups -OCH3 is 2. The number of esters is 2. The van der Waals surface area contributed by atoms with Gasteiger partial charge in [-0.15, -0.1) is 0 Å². The summed E-state index contributed by atoms with van der Waals surface area (Å²) in [6.07, 6.45) is 0.230. The number of ether oxygens (including phenoxy) is 3. The molecule has 21 heavy (non-hydrogen) atoms. The molecular weight excluding hydrogens is 280 g/mol. The lowest BCUT2D eigenvalue weighted by Crippen LogP contribution is -2.29. The molecule has 0 amide bonds. The van der Waals surface area contributed by atoms with E-state index >= 15 is 0 Å². The topological polar surface area (TPSA) is 102 Å². The van der Waals surface area contributed by atoms with Crippen LogP contribution in [0.4, 0.5) is 0 Å². The number of carbonyl (C=O) groups is 2. The van der Waals surface area contributed by atoms with E-state index < -0.39 is 24.1 Å². The predicted molar refractivity (Wildman–Crippen MR) is 74.5 cm³/mol. The van der Waals surface area contributed by atoms with E-state index in [0.29, 0.717) is 12.8 Å². The van der Waals surface area contributed by atoms with E-state index in [1.54, 1.807) is 6.92 Å². The Balaban J connectivity index is 4.38. The van der Waals surface area contributed by atoms with Crippen LogP contribution in [0.2, 0.25) is 0 Å². The Hall–Kier alpha value is -1.18. The van der Waals surface area contributed by atoms with Gasteiger partial charge in [0.05, 0.1) is 45.6 Å². The van der Waals surface area contributed by atoms with Gasteiger partial charge in [0.25, 0.3) is 0 Å². The molecule has 7 nitrogen and oxygen atoms in total. The van der Waals surface area contributed by atoms with Crippen LogP contribution in [-0.2, 0) is 23.8 Å². The highest BCUT2D eigenvalue weighted by atomic mass is 16.5. The maximum atomic E-state index is 11.7. The molecule has 0 aromatic carbocycles. The molecule has 0 radical (unpaired) electrons. The van der Waals surface area contributed by atoms with Crippen LogP contribution in [0.25, 0.3) is 0 Å². The van der Waals surface area contributed by atoms with Gasteiger partial charge in [-0.25, -0.2) is 0 Å². The molecule has 7 heteroatoms. The summed E-state index contributed by atoms with van der Waals surface area (Å²) in [5, 5.41) is 18.4. The summed E-state index contributed by atoms with van der Waals surface area (Å²) >= 11 is 0. The van der Waals surface area contributed by atoms with E-state index in [9.17, 15) is 14.7 Å². The molecule has 0 aliphatic carbocycles. The van der Waals surface area contributed by atoms with E-state index in [-0.39, 0.29) is 32.0 Å². The molecule has 0 heterocycles. The average molecular weight is 306 g/mol. The van der Waals surface area contributed by atoms with E-state index in [1.807, 2.05) is 0 Å². The molecule has 0 fully saturated rings. The van der Waals surface area contributed by atoms with Crippen molar-refractivity contribution >= 4 is 11.9 Å². The highest BCUT2D eigenvalue weighted by molar-refractivity contribution is 5.72. The van der Waals surface area contributed by atoms with Crippen molar-refractivity contribution in [3.8, 4) is 0 Å². The first-order valence-corrected chi connectivity index (χ1v) is 6.99. The van der Waals surface area contributed by atoms with Gasteiger partial charge in [0, 0.05) is 6.42 Å². The van der Waals surface area contributed by atoms with Gasteiger partial charge in [-0.1, -0.05) is 0 Å². The number of hydrogen-bond donors (Lipinski definition) is 2. The second-order valence-electron chi connectivity index (χ2n) is 4.91. The van der Waals surface area contributed by atoms with Crippen molar-refractivity contribution in [3.63, 3.8) is 0 Å². The molecule has 0 saturated heterocycles. The summed E-state index contributed by atoms with van der Waals surface area (Å²) in [4.78, 5) is 22.8. The highest BCUT2D eigenvalue weighted by Crippen LogP contribution is 2.19. The molecule has 0 aliphatic rings. The van der Waals surface area contributed by atoms with Crippen molar-refractivity contribution in [2.45, 2.75) is 44.8 Å². The third-order valence-corrected chi connectivity index (χ3v) is 3.02. The summed E-state index contributed by atoms with van der Waals surface area (Å²) in [5.41, 5.74) is 0. The van der Waals surface area contributed by atoms with E-state index in [4.69, 9.17) is 14.6 Å². The van der Waals surface area contributed by atoms with Gasteiger partial charge >= 0.3 is 11.9 Å². The molecular formula is C14H26O7. The second kappa shape index (κ2) is 11.5. The average Bonchev–Trinajstić information content (AvgIpc) is 2.48. The van der Waals surface area contributed by atoms with E-state index in [0.717, 1.165) is 0 Å². The minimum Gasteiger partial charge on any atom is -0.469 e. The maximum Gasteiger partial charge on any atom is 0.308 e. The van der Waals surface area contributed by atoms with Gasteiger partial charge in [0.1, 0.15) is 0 Å². The van der Waals surface area contributed by atoms with Crippen LogP contribution < -0.4 is 0 Å². The smallest absolute Gasteiger partial charge is 0.308 e. The van der Waals surface area contributed by atoms with Crippen molar-refractivity contribution in [2.75, 3.05) is 27.4 Å². The summed E-state index contributed by atoms with van der Waals surface area (Å²) in [5.74, 6) is -1.20. The minimum absolute atomic E-state index is 0.0846. The quantitative estimate of drug-likeness (QED) is 0.528. The first-order chi connectivity index (χ1) is 9.94. The number of carbonyl (C=O) groups excluding carboxylic acids is 2. The SMILES string of the molecule is COC(=O)CCCC(CC(CO)OCC(C)O)C(=O)OC. The summed E-state index contributed by atoms with van der Waals surface area (Å²) in [6.45, 7) is 1.40. The van der Waals surface area contributed by atoms with Crippen LogP contribution in [0, 0.1) is 5.92 Å². The molecule has 0 aliphatic heterocycles. The zero-order chi connectivity index (χ0) is 16.3. The van der Waals surface area contributed by atoms with E-state index in [2.05, 4.69) is 4.74 Å². The number of aliphatic hydroxyl groups excluding tert-OH is 2. The Labute approximate surface area is 125 Å². The second-order valence-corrected chi connectivity index (χ2v) is 4.91. The van der Waals surface area contributed by atoms with Crippen molar-refractivity contribution in [1.29, 1.82) is 0 Å². The molecule has 0 bridgehead atoms. The maximum absolute atomic E-state index is 11.7. The zero-order valence-corrected chi connectivity index (χ0v) is 12.9. The van der Waals surface area contributed by atoms with Crippen molar-refractivity contribution in [1.82, 2.24) is 0 Å². The molecule has 0 saturated carbocycles. The summed E-state index contributed by atoms with van der Waals surface area (Å²) in [7, 11) is 2.60. The molecule has 0 aromatic heterocycles. The third-order valence-electron chi connectivity index (χ3n) is 3.02. The van der Waals surface area contributed by atoms with E-state index in [1.165, 1.54) is 14.2 Å². The largest absolute Gasteiger partial charge is 0.469 e. The van der Waals surface area contributed by atoms with Gasteiger partial charge in [0.15, 0.2) is 0 Å². The van der Waals surface area contributed by atoms with Gasteiger partial charge in [-0.05, 0) is 26.2 Å². The molecule has 2 N–H and O–H groups in total. The van der Waals surface area contributed by atoms with Crippen LogP contribution in [-0.4, -0.2) is 61.8 Å². The predicted octanol–water partition coefficient (Wildman–Crippen LogP) is 0.267. The molecule has 3 atom stereocenters. The lowest BCUT2D eigenvalue weighted by atomic mass is 9.95. The van der Waals surface area contributed by atoms with Crippen LogP contribution in [0.15, 0.2) is 0 Å². The number of aliphatic hydroxyl groups is 2. The Morgan fingerprint density at radius 2 is 1.86 bits per heavy atom. The summed E-state index contributed by atoms with van der Waals surface area (Å²) < 4.78 is 14.6. The van der Waals surface area contributed by atoms with Crippen LogP contribution in [0.5, 0.6) is 0 Å². The lowest BCUT2D eigenvalue weighted by Gasteiger charge is -2.21. The molecule has 0 spiro atoms. The monoisotopic (exact) mass is 306 g/mol. The fourth-order valence-corrected chi connectivity index (χ4v) is 1.88. The Morgan fingerprint density at radius 3 is 2.33 bits per heavy atom. The number of hydrogen-bond acceptors (Lipinski definition) is 7.